The maximum atomic E-state index is 12.4. The molecule has 0 saturated heterocycles. The summed E-state index contributed by atoms with van der Waals surface area (Å²) in [5.74, 6) is 1.69. The van der Waals surface area contributed by atoms with Crippen molar-refractivity contribution in [3.05, 3.63) is 51.9 Å². The first-order valence-corrected chi connectivity index (χ1v) is 8.84. The van der Waals surface area contributed by atoms with Gasteiger partial charge in [0.2, 0.25) is 6.79 Å². The number of carbonyl (C=O) groups excluding carboxylic acids is 1. The molecular formula is C18H13ClN2O4S. The average Bonchev–Trinajstić information content (AvgIpc) is 3.25. The van der Waals surface area contributed by atoms with Crippen molar-refractivity contribution < 1.29 is 19.0 Å². The molecule has 0 bridgehead atoms. The van der Waals surface area contributed by atoms with Crippen molar-refractivity contribution in [3.8, 4) is 17.2 Å². The minimum atomic E-state index is -0.368. The van der Waals surface area contributed by atoms with Gasteiger partial charge in [-0.05, 0) is 42.0 Å². The number of nitrogens with one attached hydrogen (secondary N) is 1. The van der Waals surface area contributed by atoms with E-state index < -0.39 is 0 Å². The number of methoxy groups -OCH3 is 1. The van der Waals surface area contributed by atoms with Gasteiger partial charge in [0.15, 0.2) is 11.5 Å². The Balaban J connectivity index is 1.51. The minimum absolute atomic E-state index is 0.210. The summed E-state index contributed by atoms with van der Waals surface area (Å²) in [6.45, 7) is 0.210. The number of rotatable bonds is 4. The smallest absolute Gasteiger partial charge is 0.283 e. The van der Waals surface area contributed by atoms with Crippen LogP contribution in [0.3, 0.4) is 0 Å². The average molecular weight is 389 g/mol. The van der Waals surface area contributed by atoms with Crippen LogP contribution in [0.2, 0.25) is 5.02 Å². The van der Waals surface area contributed by atoms with Crippen LogP contribution in [0.15, 0.2) is 41.5 Å². The number of hydrogen-bond donors (Lipinski definition) is 1. The largest absolute Gasteiger partial charge is 0.497 e. The van der Waals surface area contributed by atoms with Gasteiger partial charge < -0.3 is 14.2 Å². The van der Waals surface area contributed by atoms with E-state index in [1.54, 1.807) is 25.3 Å². The Labute approximate surface area is 157 Å². The minimum Gasteiger partial charge on any atom is -0.497 e. The van der Waals surface area contributed by atoms with Crippen LogP contribution >= 0.6 is 22.9 Å². The van der Waals surface area contributed by atoms with Crippen LogP contribution < -0.4 is 19.6 Å². The summed E-state index contributed by atoms with van der Waals surface area (Å²) >= 11 is 7.62. The van der Waals surface area contributed by atoms with Crippen molar-refractivity contribution in [2.75, 3.05) is 13.9 Å². The molecular weight excluding hydrogens is 376 g/mol. The highest BCUT2D eigenvalue weighted by Gasteiger charge is 2.17. The van der Waals surface area contributed by atoms with E-state index in [1.165, 1.54) is 17.6 Å². The predicted molar refractivity (Wildman–Crippen MR) is 101 cm³/mol. The predicted octanol–water partition coefficient (Wildman–Crippen LogP) is 4.06. The topological polar surface area (TPSA) is 69.2 Å². The van der Waals surface area contributed by atoms with Crippen molar-refractivity contribution in [1.29, 1.82) is 0 Å². The Bertz CT molecular complexity index is 1030. The van der Waals surface area contributed by atoms with Gasteiger partial charge in [-0.1, -0.05) is 11.6 Å². The second-order valence-corrected chi connectivity index (χ2v) is 6.85. The van der Waals surface area contributed by atoms with Crippen molar-refractivity contribution in [2.24, 2.45) is 5.10 Å². The van der Waals surface area contributed by atoms with Gasteiger partial charge in [-0.25, -0.2) is 5.43 Å². The standard InChI is InChI=1S/C18H13ClN2O4S/c1-23-11-3-4-12-15(7-11)26-17(16(12)19)18(22)21-20-8-10-2-5-13-14(6-10)25-9-24-13/h2-8H,9H2,1H3,(H,21,22)/b20-8-. The molecule has 1 N–H and O–H groups in total. The number of hydrogen-bond acceptors (Lipinski definition) is 6. The molecule has 26 heavy (non-hydrogen) atoms. The van der Waals surface area contributed by atoms with Crippen molar-refractivity contribution in [3.63, 3.8) is 0 Å². The Morgan fingerprint density at radius 1 is 1.27 bits per heavy atom. The first-order valence-electron chi connectivity index (χ1n) is 7.65. The zero-order chi connectivity index (χ0) is 18.1. The lowest BCUT2D eigenvalue weighted by atomic mass is 10.2. The fourth-order valence-corrected chi connectivity index (χ4v) is 3.96. The summed E-state index contributed by atoms with van der Waals surface area (Å²) < 4.78 is 16.6. The van der Waals surface area contributed by atoms with Crippen LogP contribution in [0.4, 0.5) is 0 Å². The fourth-order valence-electron chi connectivity index (χ4n) is 2.53. The molecule has 6 nitrogen and oxygen atoms in total. The van der Waals surface area contributed by atoms with Gasteiger partial charge >= 0.3 is 0 Å². The van der Waals surface area contributed by atoms with Crippen LogP contribution in [0, 0.1) is 0 Å². The number of amides is 1. The van der Waals surface area contributed by atoms with Gasteiger partial charge in [-0.3, -0.25) is 4.79 Å². The van der Waals surface area contributed by atoms with Crippen molar-refractivity contribution in [2.45, 2.75) is 0 Å². The highest BCUT2D eigenvalue weighted by Crippen LogP contribution is 2.37. The number of halogens is 1. The number of ether oxygens (including phenoxy) is 3. The molecule has 0 spiro atoms. The summed E-state index contributed by atoms with van der Waals surface area (Å²) in [4.78, 5) is 12.8. The molecule has 0 fully saturated rings. The molecule has 0 atom stereocenters. The molecule has 132 valence electrons. The number of thiophene rings is 1. The molecule has 3 aromatic rings. The highest BCUT2D eigenvalue weighted by atomic mass is 35.5. The fraction of sp³-hybridized carbons (Fsp3) is 0.111. The summed E-state index contributed by atoms with van der Waals surface area (Å²) in [6, 6.07) is 10.9. The lowest BCUT2D eigenvalue weighted by molar-refractivity contribution is 0.0959. The SMILES string of the molecule is COc1ccc2c(Cl)c(C(=O)N/N=C\c3ccc4c(c3)OCO4)sc2c1. The van der Waals surface area contributed by atoms with E-state index in [-0.39, 0.29) is 12.7 Å². The Morgan fingerprint density at radius 2 is 2.12 bits per heavy atom. The van der Waals surface area contributed by atoms with Crippen LogP contribution in [0.25, 0.3) is 10.1 Å². The van der Waals surface area contributed by atoms with Gasteiger partial charge in [-0.15, -0.1) is 11.3 Å². The summed E-state index contributed by atoms with van der Waals surface area (Å²) in [5, 5.41) is 5.20. The molecule has 0 aliphatic carbocycles. The lowest BCUT2D eigenvalue weighted by Gasteiger charge is -1.99. The molecule has 1 aromatic heterocycles. The number of carbonyl (C=O) groups is 1. The first-order chi connectivity index (χ1) is 12.7. The normalized spacial score (nSPS) is 12.7. The second-order valence-electron chi connectivity index (χ2n) is 5.42. The van der Waals surface area contributed by atoms with Crippen LogP contribution in [0.1, 0.15) is 15.2 Å². The van der Waals surface area contributed by atoms with Crippen molar-refractivity contribution in [1.82, 2.24) is 5.43 Å². The molecule has 4 rings (SSSR count). The van der Waals surface area contributed by atoms with E-state index in [1.807, 2.05) is 18.2 Å². The van der Waals surface area contributed by atoms with Crippen LogP contribution in [-0.4, -0.2) is 26.0 Å². The highest BCUT2D eigenvalue weighted by molar-refractivity contribution is 7.21. The van der Waals surface area contributed by atoms with Gasteiger partial charge in [0.25, 0.3) is 5.91 Å². The molecule has 0 saturated carbocycles. The third-order valence-corrected chi connectivity index (χ3v) is 5.48. The van der Waals surface area contributed by atoms with E-state index in [9.17, 15) is 4.79 Å². The van der Waals surface area contributed by atoms with Gasteiger partial charge in [0.05, 0.1) is 18.3 Å². The zero-order valence-electron chi connectivity index (χ0n) is 13.6. The number of hydrazone groups is 1. The Morgan fingerprint density at radius 3 is 2.96 bits per heavy atom. The molecule has 1 aliphatic heterocycles. The third-order valence-electron chi connectivity index (χ3n) is 3.82. The molecule has 8 heteroatoms. The first kappa shape index (κ1) is 16.7. The van der Waals surface area contributed by atoms with Gasteiger partial charge in [0.1, 0.15) is 10.6 Å². The van der Waals surface area contributed by atoms with Gasteiger partial charge in [0, 0.05) is 10.1 Å². The Hall–Kier alpha value is -2.77. The summed E-state index contributed by atoms with van der Waals surface area (Å²) in [7, 11) is 1.59. The van der Waals surface area contributed by atoms with E-state index >= 15 is 0 Å². The summed E-state index contributed by atoms with van der Waals surface area (Å²) in [5.41, 5.74) is 3.28. The molecule has 2 aromatic carbocycles. The van der Waals surface area contributed by atoms with E-state index in [2.05, 4.69) is 10.5 Å². The zero-order valence-corrected chi connectivity index (χ0v) is 15.2. The monoisotopic (exact) mass is 388 g/mol. The van der Waals surface area contributed by atoms with E-state index in [4.69, 9.17) is 25.8 Å². The molecule has 1 aliphatic rings. The van der Waals surface area contributed by atoms with E-state index in [0.717, 1.165) is 15.6 Å². The number of fused-ring (bicyclic) bond motifs is 2. The Kier molecular flexibility index (Phi) is 4.40. The van der Waals surface area contributed by atoms with Gasteiger partial charge in [-0.2, -0.15) is 5.10 Å². The maximum Gasteiger partial charge on any atom is 0.283 e. The van der Waals surface area contributed by atoms with Crippen LogP contribution in [0.5, 0.6) is 17.2 Å². The van der Waals surface area contributed by atoms with Crippen molar-refractivity contribution >= 4 is 45.1 Å². The number of benzene rings is 2. The maximum absolute atomic E-state index is 12.4. The summed E-state index contributed by atoms with van der Waals surface area (Å²) in [6.07, 6.45) is 1.53. The van der Waals surface area contributed by atoms with Crippen LogP contribution in [-0.2, 0) is 0 Å². The number of nitrogens with zero attached hydrogens (tertiary/aromatic N) is 1. The molecule has 1 amide bonds. The second kappa shape index (κ2) is 6.86. The van der Waals surface area contributed by atoms with E-state index in [0.29, 0.717) is 27.1 Å². The molecule has 0 radical (unpaired) electrons. The quantitative estimate of drug-likeness (QED) is 0.540. The third kappa shape index (κ3) is 3.07. The lowest BCUT2D eigenvalue weighted by Crippen LogP contribution is -2.16. The molecule has 2 heterocycles. The molecule has 0 unspecified atom stereocenters.